The largest absolute Gasteiger partial charge is 0.0832 e. The minimum absolute atomic E-state index is 0.0531. The average molecular weight is 280 g/mol. The van der Waals surface area contributed by atoms with Crippen molar-refractivity contribution in [3.8, 4) is 0 Å². The van der Waals surface area contributed by atoms with E-state index in [1.54, 1.807) is 0 Å². The second-order valence-electron chi connectivity index (χ2n) is 6.23. The Morgan fingerprint density at radius 3 is 2.68 bits per heavy atom. The van der Waals surface area contributed by atoms with Crippen molar-refractivity contribution >= 4 is 22.4 Å². The van der Waals surface area contributed by atoms with Gasteiger partial charge in [-0.1, -0.05) is 66.8 Å². The second kappa shape index (κ2) is 4.20. The molecule has 0 saturated carbocycles. The molecule has 5 rings (SSSR count). The first-order valence-electron chi connectivity index (χ1n) is 7.86. The van der Waals surface area contributed by atoms with Crippen molar-refractivity contribution < 1.29 is 0 Å². The van der Waals surface area contributed by atoms with Gasteiger partial charge in [-0.2, -0.15) is 0 Å². The van der Waals surface area contributed by atoms with Crippen molar-refractivity contribution in [2.45, 2.75) is 6.42 Å². The van der Waals surface area contributed by atoms with Crippen LogP contribution < -0.4 is 0 Å². The Kier molecular flexibility index (Phi) is 2.29. The summed E-state index contributed by atoms with van der Waals surface area (Å²) >= 11 is 0. The number of allylic oxidation sites excluding steroid dienone is 9. The van der Waals surface area contributed by atoms with E-state index in [0.717, 1.165) is 6.42 Å². The zero-order valence-electron chi connectivity index (χ0n) is 12.3. The summed E-state index contributed by atoms with van der Waals surface area (Å²) < 4.78 is 0. The van der Waals surface area contributed by atoms with E-state index in [1.807, 2.05) is 0 Å². The summed E-state index contributed by atoms with van der Waals surface area (Å²) in [7, 11) is 0. The van der Waals surface area contributed by atoms with Crippen molar-refractivity contribution in [2.24, 2.45) is 5.41 Å². The normalized spacial score (nSPS) is 24.4. The molecule has 104 valence electrons. The Bertz CT molecular complexity index is 947. The van der Waals surface area contributed by atoms with Crippen LogP contribution in [-0.4, -0.2) is 0 Å². The summed E-state index contributed by atoms with van der Waals surface area (Å²) in [5, 5.41) is 2.63. The van der Waals surface area contributed by atoms with Gasteiger partial charge in [-0.25, -0.2) is 0 Å². The lowest BCUT2D eigenvalue weighted by atomic mass is 9.63. The predicted molar refractivity (Wildman–Crippen MR) is 94.4 cm³/mol. The van der Waals surface area contributed by atoms with E-state index in [-0.39, 0.29) is 5.41 Å². The third kappa shape index (κ3) is 1.47. The molecule has 22 heavy (non-hydrogen) atoms. The number of benzene rings is 2. The van der Waals surface area contributed by atoms with Gasteiger partial charge >= 0.3 is 0 Å². The molecular weight excluding hydrogens is 264 g/mol. The smallest absolute Gasteiger partial charge is 0.0569 e. The van der Waals surface area contributed by atoms with Crippen molar-refractivity contribution in [1.29, 1.82) is 0 Å². The van der Waals surface area contributed by atoms with Crippen molar-refractivity contribution in [3.63, 3.8) is 0 Å². The van der Waals surface area contributed by atoms with Gasteiger partial charge in [0.05, 0.1) is 5.41 Å². The van der Waals surface area contributed by atoms with Crippen LogP contribution >= 0.6 is 0 Å². The van der Waals surface area contributed by atoms with E-state index in [2.05, 4.69) is 85.0 Å². The molecule has 3 aliphatic carbocycles. The highest BCUT2D eigenvalue weighted by molar-refractivity contribution is 5.97. The molecule has 0 heteroatoms. The average Bonchev–Trinajstić information content (AvgIpc) is 2.57. The lowest BCUT2D eigenvalue weighted by Gasteiger charge is -2.39. The number of hydrogen-bond donors (Lipinski definition) is 0. The fraction of sp³-hybridized carbons (Fsp3) is 0.0909. The maximum absolute atomic E-state index is 2.39. The fourth-order valence-corrected chi connectivity index (χ4v) is 3.97. The van der Waals surface area contributed by atoms with Crippen LogP contribution in [0, 0.1) is 5.41 Å². The Hall–Kier alpha value is -2.60. The van der Waals surface area contributed by atoms with Crippen LogP contribution in [0.5, 0.6) is 0 Å². The highest BCUT2D eigenvalue weighted by Gasteiger charge is 2.38. The molecule has 1 atom stereocenters. The Balaban J connectivity index is 1.88. The van der Waals surface area contributed by atoms with Crippen LogP contribution in [0.25, 0.3) is 22.4 Å². The van der Waals surface area contributed by atoms with Crippen LogP contribution in [0.3, 0.4) is 0 Å². The highest BCUT2D eigenvalue weighted by atomic mass is 14.4. The highest BCUT2D eigenvalue weighted by Crippen LogP contribution is 2.53. The standard InChI is InChI=1S/C22H16/c1-2-8-17-15-20-18(13-16(17)7-1)14-19-9-3-5-11-22(19)12-6-4-10-21(20)22/h1-3,5-15H,4H2. The SMILES string of the molecule is C1=CC2=Cc3cc4ccccc4cc3C3=CCC=CC23C=C1. The summed E-state index contributed by atoms with van der Waals surface area (Å²) in [5.74, 6) is 0. The Labute approximate surface area is 130 Å². The molecular formula is C22H16. The summed E-state index contributed by atoms with van der Waals surface area (Å²) in [6.45, 7) is 0. The maximum atomic E-state index is 2.39. The Morgan fingerprint density at radius 2 is 1.77 bits per heavy atom. The van der Waals surface area contributed by atoms with Gasteiger partial charge in [0.25, 0.3) is 0 Å². The zero-order chi connectivity index (χ0) is 14.6. The Morgan fingerprint density at radius 1 is 0.909 bits per heavy atom. The lowest BCUT2D eigenvalue weighted by molar-refractivity contribution is 0.778. The maximum Gasteiger partial charge on any atom is 0.0569 e. The number of fused-ring (bicyclic) bond motifs is 3. The predicted octanol–water partition coefficient (Wildman–Crippen LogP) is 5.69. The minimum atomic E-state index is -0.0531. The van der Waals surface area contributed by atoms with Crippen molar-refractivity contribution in [2.75, 3.05) is 0 Å². The van der Waals surface area contributed by atoms with E-state index in [0.29, 0.717) is 0 Å². The second-order valence-corrected chi connectivity index (χ2v) is 6.23. The molecule has 0 heterocycles. The molecule has 0 aliphatic heterocycles. The van der Waals surface area contributed by atoms with Crippen LogP contribution in [0.15, 0.2) is 84.5 Å². The monoisotopic (exact) mass is 280 g/mol. The molecule has 0 radical (unpaired) electrons. The zero-order valence-corrected chi connectivity index (χ0v) is 12.3. The molecule has 1 unspecified atom stereocenters. The van der Waals surface area contributed by atoms with Gasteiger partial charge in [0, 0.05) is 0 Å². The number of hydrogen-bond acceptors (Lipinski definition) is 0. The first-order chi connectivity index (χ1) is 10.9. The fourth-order valence-electron chi connectivity index (χ4n) is 3.97. The third-order valence-corrected chi connectivity index (χ3v) is 5.03. The summed E-state index contributed by atoms with van der Waals surface area (Å²) in [4.78, 5) is 0. The van der Waals surface area contributed by atoms with Crippen molar-refractivity contribution in [1.82, 2.24) is 0 Å². The van der Waals surface area contributed by atoms with Gasteiger partial charge in [-0.05, 0) is 57.7 Å². The molecule has 0 nitrogen and oxygen atoms in total. The van der Waals surface area contributed by atoms with Crippen LogP contribution in [0.2, 0.25) is 0 Å². The molecule has 3 aliphatic rings. The quantitative estimate of drug-likeness (QED) is 0.544. The van der Waals surface area contributed by atoms with Crippen LogP contribution in [0.4, 0.5) is 0 Å². The van der Waals surface area contributed by atoms with E-state index >= 15 is 0 Å². The summed E-state index contributed by atoms with van der Waals surface area (Å²) in [5.41, 5.74) is 5.48. The van der Waals surface area contributed by atoms with Gasteiger partial charge in [0.15, 0.2) is 0 Å². The van der Waals surface area contributed by atoms with E-state index in [9.17, 15) is 0 Å². The van der Waals surface area contributed by atoms with E-state index < -0.39 is 0 Å². The summed E-state index contributed by atoms with van der Waals surface area (Å²) in [6.07, 6.45) is 19.3. The minimum Gasteiger partial charge on any atom is -0.0832 e. The summed E-state index contributed by atoms with van der Waals surface area (Å²) in [6, 6.07) is 13.3. The molecule has 2 aromatic rings. The van der Waals surface area contributed by atoms with Crippen LogP contribution in [0.1, 0.15) is 17.5 Å². The number of rotatable bonds is 0. The molecule has 2 aromatic carbocycles. The topological polar surface area (TPSA) is 0 Å². The molecule has 0 bridgehead atoms. The lowest BCUT2D eigenvalue weighted by Crippen LogP contribution is -2.25. The van der Waals surface area contributed by atoms with Crippen LogP contribution in [-0.2, 0) is 0 Å². The van der Waals surface area contributed by atoms with Gasteiger partial charge in [-0.15, -0.1) is 0 Å². The van der Waals surface area contributed by atoms with Gasteiger partial charge in [0.1, 0.15) is 0 Å². The molecule has 0 saturated heterocycles. The molecule has 1 spiro atoms. The van der Waals surface area contributed by atoms with Gasteiger partial charge in [-0.3, -0.25) is 0 Å². The van der Waals surface area contributed by atoms with Gasteiger partial charge < -0.3 is 0 Å². The first-order valence-corrected chi connectivity index (χ1v) is 7.86. The van der Waals surface area contributed by atoms with Gasteiger partial charge in [0.2, 0.25) is 0 Å². The van der Waals surface area contributed by atoms with E-state index in [4.69, 9.17) is 0 Å². The van der Waals surface area contributed by atoms with Crippen molar-refractivity contribution in [3.05, 3.63) is 95.6 Å². The molecule has 0 fully saturated rings. The first kappa shape index (κ1) is 12.0. The van der Waals surface area contributed by atoms with E-state index in [1.165, 1.54) is 33.0 Å². The molecule has 0 amide bonds. The third-order valence-electron chi connectivity index (χ3n) is 5.03. The molecule has 0 N–H and O–H groups in total. The molecule has 0 aromatic heterocycles.